The lowest BCUT2D eigenvalue weighted by atomic mass is 9.92. The van der Waals surface area contributed by atoms with Crippen LogP contribution in [0.4, 0.5) is 5.82 Å². The van der Waals surface area contributed by atoms with Crippen molar-refractivity contribution in [3.63, 3.8) is 0 Å². The van der Waals surface area contributed by atoms with Gasteiger partial charge in [0.25, 0.3) is 0 Å². The van der Waals surface area contributed by atoms with Crippen molar-refractivity contribution in [3.8, 4) is 0 Å². The molecule has 0 unspecified atom stereocenters. The minimum absolute atomic E-state index is 0.0592. The largest absolute Gasteiger partial charge is 0.478 e. The topological polar surface area (TPSA) is 56.7 Å². The maximum absolute atomic E-state index is 11.0. The summed E-state index contributed by atoms with van der Waals surface area (Å²) in [5, 5.41) is 9.05. The smallest absolute Gasteiger partial charge is 0.338 e. The van der Waals surface area contributed by atoms with Gasteiger partial charge in [0.1, 0.15) is 11.0 Å². The van der Waals surface area contributed by atoms with Crippen molar-refractivity contribution in [2.24, 2.45) is 5.92 Å². The normalized spacial score (nSPS) is 16.3. The summed E-state index contributed by atoms with van der Waals surface area (Å²) in [5.74, 6) is 0.523. The number of aromatic nitrogens is 1. The summed E-state index contributed by atoms with van der Waals surface area (Å²) >= 11 is 5.95. The minimum atomic E-state index is -1.04. The number of aromatic carboxylic acids is 1. The van der Waals surface area contributed by atoms with Gasteiger partial charge in [0.2, 0.25) is 0 Å². The molecule has 5 nitrogen and oxygen atoms in total. The van der Waals surface area contributed by atoms with Crippen LogP contribution in [0.25, 0.3) is 0 Å². The molecule has 0 aromatic carbocycles. The number of piperidine rings is 1. The average molecular weight is 326 g/mol. The lowest BCUT2D eigenvalue weighted by Gasteiger charge is -2.33. The third-order valence-electron chi connectivity index (χ3n) is 4.22. The predicted molar refractivity (Wildman–Crippen MR) is 88.9 cm³/mol. The van der Waals surface area contributed by atoms with Crippen LogP contribution >= 0.6 is 11.6 Å². The van der Waals surface area contributed by atoms with Crippen LogP contribution in [0.2, 0.25) is 5.15 Å². The van der Waals surface area contributed by atoms with Crippen molar-refractivity contribution < 1.29 is 9.90 Å². The van der Waals surface area contributed by atoms with Crippen LogP contribution in [0.1, 0.15) is 36.0 Å². The fraction of sp³-hybridized carbons (Fsp3) is 0.625. The second kappa shape index (κ2) is 7.79. The Labute approximate surface area is 136 Å². The van der Waals surface area contributed by atoms with Gasteiger partial charge in [0, 0.05) is 13.1 Å². The molecule has 0 spiro atoms. The van der Waals surface area contributed by atoms with Crippen molar-refractivity contribution in [2.75, 3.05) is 38.6 Å². The Morgan fingerprint density at radius 2 is 2.09 bits per heavy atom. The second-order valence-corrected chi connectivity index (χ2v) is 6.55. The van der Waals surface area contributed by atoms with E-state index in [0.717, 1.165) is 44.2 Å². The van der Waals surface area contributed by atoms with Crippen molar-refractivity contribution in [3.05, 3.63) is 22.8 Å². The zero-order valence-electron chi connectivity index (χ0n) is 13.3. The first-order chi connectivity index (χ1) is 10.5. The van der Waals surface area contributed by atoms with Crippen LogP contribution in [-0.2, 0) is 0 Å². The van der Waals surface area contributed by atoms with Crippen LogP contribution in [-0.4, -0.2) is 54.7 Å². The van der Waals surface area contributed by atoms with Gasteiger partial charge in [-0.25, -0.2) is 9.78 Å². The van der Waals surface area contributed by atoms with Gasteiger partial charge >= 0.3 is 5.97 Å². The molecule has 1 aliphatic rings. The van der Waals surface area contributed by atoms with Gasteiger partial charge in [0.15, 0.2) is 0 Å². The van der Waals surface area contributed by atoms with Gasteiger partial charge in [0.05, 0.1) is 5.56 Å². The molecule has 0 saturated carbocycles. The first-order valence-corrected chi connectivity index (χ1v) is 8.14. The van der Waals surface area contributed by atoms with Crippen LogP contribution < -0.4 is 4.90 Å². The molecule has 0 bridgehead atoms. The Kier molecular flexibility index (Phi) is 6.03. The summed E-state index contributed by atoms with van der Waals surface area (Å²) in [6, 6.07) is 3.29. The molecule has 22 heavy (non-hydrogen) atoms. The fourth-order valence-electron chi connectivity index (χ4n) is 2.91. The van der Waals surface area contributed by atoms with Gasteiger partial charge in [-0.2, -0.15) is 0 Å². The number of halogens is 1. The summed E-state index contributed by atoms with van der Waals surface area (Å²) in [6.07, 6.45) is 4.84. The number of hydrogen-bond acceptors (Lipinski definition) is 4. The van der Waals surface area contributed by atoms with E-state index in [1.807, 2.05) is 0 Å². The molecular weight excluding hydrogens is 302 g/mol. The Balaban J connectivity index is 1.86. The molecule has 0 amide bonds. The lowest BCUT2D eigenvalue weighted by Crippen LogP contribution is -2.34. The van der Waals surface area contributed by atoms with Crippen molar-refractivity contribution >= 4 is 23.4 Å². The molecule has 2 rings (SSSR count). The Morgan fingerprint density at radius 1 is 1.41 bits per heavy atom. The van der Waals surface area contributed by atoms with Crippen LogP contribution in [0, 0.1) is 5.92 Å². The molecule has 0 radical (unpaired) electrons. The zero-order chi connectivity index (χ0) is 16.1. The van der Waals surface area contributed by atoms with E-state index in [1.54, 1.807) is 6.07 Å². The lowest BCUT2D eigenvalue weighted by molar-refractivity contribution is 0.0696. The Morgan fingerprint density at radius 3 is 2.64 bits per heavy atom. The van der Waals surface area contributed by atoms with Crippen molar-refractivity contribution in [1.82, 2.24) is 9.88 Å². The van der Waals surface area contributed by atoms with Crippen LogP contribution in [0.15, 0.2) is 12.1 Å². The number of hydrogen-bond donors (Lipinski definition) is 1. The fourth-order valence-corrected chi connectivity index (χ4v) is 3.14. The molecule has 1 N–H and O–H groups in total. The molecule has 122 valence electrons. The monoisotopic (exact) mass is 325 g/mol. The molecular formula is C16H24ClN3O2. The molecule has 0 aliphatic carbocycles. The highest BCUT2D eigenvalue weighted by molar-refractivity contribution is 6.32. The average Bonchev–Trinajstić information content (AvgIpc) is 2.47. The van der Waals surface area contributed by atoms with Gasteiger partial charge in [-0.15, -0.1) is 0 Å². The van der Waals surface area contributed by atoms with E-state index < -0.39 is 5.97 Å². The van der Waals surface area contributed by atoms with E-state index >= 15 is 0 Å². The van der Waals surface area contributed by atoms with E-state index in [1.165, 1.54) is 18.9 Å². The predicted octanol–water partition coefficient (Wildman–Crippen LogP) is 2.99. The number of rotatable bonds is 6. The molecule has 0 atom stereocenters. The van der Waals surface area contributed by atoms with Gasteiger partial charge in [-0.3, -0.25) is 0 Å². The highest BCUT2D eigenvalue weighted by atomic mass is 35.5. The number of carboxylic acids is 1. The third kappa shape index (κ3) is 4.58. The maximum atomic E-state index is 11.0. The number of carbonyl (C=O) groups is 1. The van der Waals surface area contributed by atoms with Crippen LogP contribution in [0.3, 0.4) is 0 Å². The number of pyridine rings is 1. The second-order valence-electron chi connectivity index (χ2n) is 6.19. The molecule has 6 heteroatoms. The molecule has 1 saturated heterocycles. The minimum Gasteiger partial charge on any atom is -0.478 e. The summed E-state index contributed by atoms with van der Waals surface area (Å²) in [5.41, 5.74) is 0.0592. The van der Waals surface area contributed by atoms with E-state index in [9.17, 15) is 4.79 Å². The number of nitrogens with zero attached hydrogens (tertiary/aromatic N) is 3. The van der Waals surface area contributed by atoms with Crippen LogP contribution in [0.5, 0.6) is 0 Å². The molecule has 1 fully saturated rings. The van der Waals surface area contributed by atoms with Gasteiger partial charge < -0.3 is 14.9 Å². The standard InChI is InChI=1S/C16H24ClN3O2/c1-19(2)9-3-4-12-7-10-20(11-8-12)14-6-5-13(16(21)22)15(17)18-14/h5-6,12H,3-4,7-11H2,1-2H3,(H,21,22). The van der Waals surface area contributed by atoms with E-state index in [-0.39, 0.29) is 10.7 Å². The highest BCUT2D eigenvalue weighted by Crippen LogP contribution is 2.26. The first kappa shape index (κ1) is 17.0. The Hall–Kier alpha value is -1.33. The molecule has 2 heterocycles. The van der Waals surface area contributed by atoms with Gasteiger partial charge in [-0.05, 0) is 64.4 Å². The molecule has 1 aliphatic heterocycles. The SMILES string of the molecule is CN(C)CCCC1CCN(c2ccc(C(=O)O)c(Cl)n2)CC1. The Bertz CT molecular complexity index is 514. The quantitative estimate of drug-likeness (QED) is 0.815. The van der Waals surface area contributed by atoms with E-state index in [0.29, 0.717) is 0 Å². The van der Waals surface area contributed by atoms with Crippen molar-refractivity contribution in [1.29, 1.82) is 0 Å². The summed E-state index contributed by atoms with van der Waals surface area (Å²) in [6.45, 7) is 3.07. The van der Waals surface area contributed by atoms with E-state index in [2.05, 4.69) is 28.9 Å². The summed E-state index contributed by atoms with van der Waals surface area (Å²) in [4.78, 5) is 19.6. The number of anilines is 1. The third-order valence-corrected chi connectivity index (χ3v) is 4.51. The number of carboxylic acid groups (broad SMARTS) is 1. The zero-order valence-corrected chi connectivity index (χ0v) is 14.0. The summed E-state index contributed by atoms with van der Waals surface area (Å²) in [7, 11) is 4.22. The highest BCUT2D eigenvalue weighted by Gasteiger charge is 2.21. The van der Waals surface area contributed by atoms with Gasteiger partial charge in [-0.1, -0.05) is 11.6 Å². The van der Waals surface area contributed by atoms with Crippen molar-refractivity contribution in [2.45, 2.75) is 25.7 Å². The first-order valence-electron chi connectivity index (χ1n) is 7.77. The summed E-state index contributed by atoms with van der Waals surface area (Å²) < 4.78 is 0. The molecule has 1 aromatic rings. The molecule has 1 aromatic heterocycles. The van der Waals surface area contributed by atoms with E-state index in [4.69, 9.17) is 16.7 Å². The maximum Gasteiger partial charge on any atom is 0.338 e.